The predicted molar refractivity (Wildman–Crippen MR) is 127 cm³/mol. The van der Waals surface area contributed by atoms with Crippen LogP contribution in [0, 0.1) is 3.57 Å². The molecule has 0 saturated carbocycles. The van der Waals surface area contributed by atoms with E-state index in [0.717, 1.165) is 8.04 Å². The summed E-state index contributed by atoms with van der Waals surface area (Å²) >= 11 is 10.7. The van der Waals surface area contributed by atoms with Crippen LogP contribution in [0.5, 0.6) is 11.5 Å². The first-order valence-electron chi connectivity index (χ1n) is 8.53. The molecule has 1 fully saturated rings. The van der Waals surface area contributed by atoms with E-state index in [1.807, 2.05) is 19.1 Å². The minimum atomic E-state index is -0.547. The Morgan fingerprint density at radius 3 is 2.69 bits per heavy atom. The lowest BCUT2D eigenvalue weighted by Gasteiger charge is -2.29. The Bertz CT molecular complexity index is 1040. The number of hydrogen-bond acceptors (Lipinski definition) is 5. The number of benzene rings is 2. The molecule has 0 spiro atoms. The van der Waals surface area contributed by atoms with Gasteiger partial charge in [0.25, 0.3) is 11.8 Å². The Morgan fingerprint density at radius 2 is 2.03 bits per heavy atom. The first-order valence-corrected chi connectivity index (χ1v) is 10.8. The van der Waals surface area contributed by atoms with Gasteiger partial charge < -0.3 is 9.47 Å². The summed E-state index contributed by atoms with van der Waals surface area (Å²) in [6, 6.07) is 10.7. The molecule has 2 aromatic carbocycles. The normalized spacial score (nSPS) is 15.5. The van der Waals surface area contributed by atoms with Gasteiger partial charge in [-0.3, -0.25) is 19.8 Å². The van der Waals surface area contributed by atoms with Crippen LogP contribution in [-0.2, 0) is 9.59 Å². The van der Waals surface area contributed by atoms with E-state index in [2.05, 4.69) is 43.8 Å². The van der Waals surface area contributed by atoms with Crippen molar-refractivity contribution in [3.8, 4) is 11.5 Å². The van der Waals surface area contributed by atoms with Crippen molar-refractivity contribution in [3.63, 3.8) is 0 Å². The molecule has 0 aliphatic carbocycles. The van der Waals surface area contributed by atoms with Crippen LogP contribution in [0.15, 0.2) is 46.4 Å². The molecule has 1 saturated heterocycles. The molecular formula is C20H16BrIN2O4S. The summed E-state index contributed by atoms with van der Waals surface area (Å²) in [6.07, 6.45) is 1.52. The van der Waals surface area contributed by atoms with E-state index < -0.39 is 11.8 Å². The Kier molecular flexibility index (Phi) is 6.91. The number of nitrogens with one attached hydrogen (secondary N) is 1. The highest BCUT2D eigenvalue weighted by molar-refractivity contribution is 14.1. The smallest absolute Gasteiger partial charge is 0.270 e. The number of carbonyl (C=O) groups is 2. The SMILES string of the molecule is CCOc1c(I)cc(/C=C2/C(=O)NC(=S)N(c3cccc(Br)c3)C2=O)cc1OC. The van der Waals surface area contributed by atoms with Crippen molar-refractivity contribution >= 4 is 79.4 Å². The van der Waals surface area contributed by atoms with Crippen LogP contribution in [0.25, 0.3) is 6.08 Å². The molecule has 0 bridgehead atoms. The fourth-order valence-electron chi connectivity index (χ4n) is 2.78. The van der Waals surface area contributed by atoms with Crippen molar-refractivity contribution in [3.05, 3.63) is 55.6 Å². The number of anilines is 1. The molecule has 1 aliphatic heterocycles. The molecule has 1 aliphatic rings. The van der Waals surface area contributed by atoms with Crippen LogP contribution in [-0.4, -0.2) is 30.6 Å². The lowest BCUT2D eigenvalue weighted by molar-refractivity contribution is -0.122. The molecule has 0 atom stereocenters. The lowest BCUT2D eigenvalue weighted by Crippen LogP contribution is -2.54. The van der Waals surface area contributed by atoms with Gasteiger partial charge in [-0.15, -0.1) is 0 Å². The lowest BCUT2D eigenvalue weighted by atomic mass is 10.1. The molecule has 150 valence electrons. The third kappa shape index (κ3) is 4.62. The molecule has 1 heterocycles. The zero-order valence-corrected chi connectivity index (χ0v) is 20.1. The average Bonchev–Trinajstić information content (AvgIpc) is 2.67. The van der Waals surface area contributed by atoms with Crippen LogP contribution in [0.3, 0.4) is 0 Å². The van der Waals surface area contributed by atoms with Crippen molar-refractivity contribution in [1.82, 2.24) is 5.32 Å². The molecule has 0 unspecified atom stereocenters. The number of halogens is 2. The van der Waals surface area contributed by atoms with Crippen LogP contribution in [0.2, 0.25) is 0 Å². The Hall–Kier alpha value is -1.98. The number of rotatable bonds is 5. The maximum absolute atomic E-state index is 13.1. The molecule has 29 heavy (non-hydrogen) atoms. The van der Waals surface area contributed by atoms with Gasteiger partial charge in [0.05, 0.1) is 23.0 Å². The van der Waals surface area contributed by atoms with Crippen molar-refractivity contribution in [1.29, 1.82) is 0 Å². The highest BCUT2D eigenvalue weighted by Gasteiger charge is 2.34. The van der Waals surface area contributed by atoms with E-state index in [-0.39, 0.29) is 10.7 Å². The minimum absolute atomic E-state index is 0.0272. The highest BCUT2D eigenvalue weighted by Crippen LogP contribution is 2.35. The van der Waals surface area contributed by atoms with Gasteiger partial charge in [-0.05, 0) is 83.7 Å². The molecular weight excluding hydrogens is 571 g/mol. The first kappa shape index (κ1) is 21.7. The zero-order valence-electron chi connectivity index (χ0n) is 15.5. The summed E-state index contributed by atoms with van der Waals surface area (Å²) < 4.78 is 12.6. The van der Waals surface area contributed by atoms with E-state index in [0.29, 0.717) is 29.4 Å². The number of ether oxygens (including phenoxy) is 2. The minimum Gasteiger partial charge on any atom is -0.493 e. The van der Waals surface area contributed by atoms with Gasteiger partial charge in [0, 0.05) is 4.47 Å². The average molecular weight is 587 g/mol. The quantitative estimate of drug-likeness (QED) is 0.245. The van der Waals surface area contributed by atoms with Crippen molar-refractivity contribution in [2.24, 2.45) is 0 Å². The highest BCUT2D eigenvalue weighted by atomic mass is 127. The Morgan fingerprint density at radius 1 is 1.28 bits per heavy atom. The monoisotopic (exact) mass is 586 g/mol. The summed E-state index contributed by atoms with van der Waals surface area (Å²) in [5, 5.41) is 2.62. The summed E-state index contributed by atoms with van der Waals surface area (Å²) in [5.41, 5.74) is 1.16. The molecule has 6 nitrogen and oxygen atoms in total. The van der Waals surface area contributed by atoms with Crippen molar-refractivity contribution in [2.75, 3.05) is 18.6 Å². The van der Waals surface area contributed by atoms with Crippen molar-refractivity contribution < 1.29 is 19.1 Å². The standard InChI is InChI=1S/C20H16BrIN2O4S/c1-3-28-17-15(22)8-11(9-16(17)27-2)7-14-18(25)23-20(29)24(19(14)26)13-6-4-5-12(21)10-13/h4-10H,3H2,1-2H3,(H,23,25,29)/b14-7-. The maximum Gasteiger partial charge on any atom is 0.270 e. The molecule has 9 heteroatoms. The third-order valence-corrected chi connectivity index (χ3v) is 5.60. The molecule has 0 aromatic heterocycles. The van der Waals surface area contributed by atoms with Gasteiger partial charge in [-0.1, -0.05) is 22.0 Å². The molecule has 3 rings (SSSR count). The van der Waals surface area contributed by atoms with Gasteiger partial charge in [-0.25, -0.2) is 0 Å². The first-order chi connectivity index (χ1) is 13.8. The maximum atomic E-state index is 13.1. The van der Waals surface area contributed by atoms with Gasteiger partial charge in [0.1, 0.15) is 5.57 Å². The number of carbonyl (C=O) groups excluding carboxylic acids is 2. The van der Waals surface area contributed by atoms with Crippen LogP contribution >= 0.6 is 50.7 Å². The van der Waals surface area contributed by atoms with Gasteiger partial charge >= 0.3 is 0 Å². The van der Waals surface area contributed by atoms with Crippen LogP contribution in [0.4, 0.5) is 5.69 Å². The summed E-state index contributed by atoms with van der Waals surface area (Å²) in [7, 11) is 1.54. The zero-order chi connectivity index (χ0) is 21.1. The molecule has 2 aromatic rings. The van der Waals surface area contributed by atoms with Crippen LogP contribution in [0.1, 0.15) is 12.5 Å². The van der Waals surface area contributed by atoms with E-state index in [1.165, 1.54) is 18.1 Å². The molecule has 1 N–H and O–H groups in total. The number of methoxy groups -OCH3 is 1. The van der Waals surface area contributed by atoms with E-state index in [9.17, 15) is 9.59 Å². The summed E-state index contributed by atoms with van der Waals surface area (Å²) in [5.74, 6) is 0.0940. The van der Waals surface area contributed by atoms with E-state index in [1.54, 1.807) is 24.3 Å². The second-order valence-corrected chi connectivity index (χ2v) is 8.37. The number of hydrogen-bond donors (Lipinski definition) is 1. The van der Waals surface area contributed by atoms with Gasteiger partial charge in [0.2, 0.25) is 0 Å². The largest absolute Gasteiger partial charge is 0.493 e. The van der Waals surface area contributed by atoms with Gasteiger partial charge in [0.15, 0.2) is 16.6 Å². The number of thiocarbonyl (C=S) groups is 1. The summed E-state index contributed by atoms with van der Waals surface area (Å²) in [6.45, 7) is 2.38. The predicted octanol–water partition coefficient (Wildman–Crippen LogP) is 4.29. The van der Waals surface area contributed by atoms with E-state index >= 15 is 0 Å². The number of nitrogens with zero attached hydrogens (tertiary/aromatic N) is 1. The van der Waals surface area contributed by atoms with E-state index in [4.69, 9.17) is 21.7 Å². The van der Waals surface area contributed by atoms with Crippen LogP contribution < -0.4 is 19.7 Å². The number of amides is 2. The van der Waals surface area contributed by atoms with Gasteiger partial charge in [-0.2, -0.15) is 0 Å². The molecule has 0 radical (unpaired) electrons. The second kappa shape index (κ2) is 9.23. The summed E-state index contributed by atoms with van der Waals surface area (Å²) in [4.78, 5) is 26.9. The topological polar surface area (TPSA) is 67.9 Å². The molecule has 2 amide bonds. The fourth-order valence-corrected chi connectivity index (χ4v) is 4.23. The Labute approximate surface area is 195 Å². The van der Waals surface area contributed by atoms with Crippen molar-refractivity contribution in [2.45, 2.75) is 6.92 Å². The third-order valence-electron chi connectivity index (χ3n) is 4.02. The fraction of sp³-hybridized carbons (Fsp3) is 0.150. The Balaban J connectivity index is 2.04. The second-order valence-electron chi connectivity index (χ2n) is 5.90.